The van der Waals surface area contributed by atoms with E-state index in [2.05, 4.69) is 11.4 Å². The van der Waals surface area contributed by atoms with E-state index in [0.717, 1.165) is 36.8 Å². The SMILES string of the molecule is CCOC(=O)[C@@]12C[C@H]1/C=C\CCCCC[C@H](CC(=O)OC(C)(C)C)C(=O)N1C[C@@H]3CN(C(=O)c4ccc(-c5ccccc5)cc4)C[C@@H]3[C@H]1C(=O)N2. The first-order valence-corrected chi connectivity index (χ1v) is 18.5. The van der Waals surface area contributed by atoms with Gasteiger partial charge in [0.15, 0.2) is 0 Å². The summed E-state index contributed by atoms with van der Waals surface area (Å²) in [5, 5.41) is 3.06. The van der Waals surface area contributed by atoms with Gasteiger partial charge in [-0.2, -0.15) is 0 Å². The van der Waals surface area contributed by atoms with E-state index in [4.69, 9.17) is 9.47 Å². The molecular formula is C41H51N3O7. The number of hydrogen-bond acceptors (Lipinski definition) is 7. The maximum Gasteiger partial charge on any atom is 0.332 e. The van der Waals surface area contributed by atoms with E-state index in [0.29, 0.717) is 24.9 Å². The number of hydrogen-bond donors (Lipinski definition) is 1. The smallest absolute Gasteiger partial charge is 0.332 e. The molecule has 6 atom stereocenters. The van der Waals surface area contributed by atoms with Gasteiger partial charge in [-0.25, -0.2) is 4.79 Å². The van der Waals surface area contributed by atoms with Crippen LogP contribution in [0.4, 0.5) is 0 Å². The number of nitrogens with zero attached hydrogens (tertiary/aromatic N) is 2. The monoisotopic (exact) mass is 697 g/mol. The molecule has 272 valence electrons. The number of fused-ring (bicyclic) bond motifs is 4. The van der Waals surface area contributed by atoms with Crippen LogP contribution in [0, 0.1) is 23.7 Å². The normalized spacial score (nSPS) is 28.7. The van der Waals surface area contributed by atoms with Crippen LogP contribution >= 0.6 is 0 Å². The van der Waals surface area contributed by atoms with Crippen molar-refractivity contribution in [1.29, 1.82) is 0 Å². The van der Waals surface area contributed by atoms with Gasteiger partial charge >= 0.3 is 11.9 Å². The summed E-state index contributed by atoms with van der Waals surface area (Å²) >= 11 is 0. The van der Waals surface area contributed by atoms with Crippen LogP contribution in [0.1, 0.15) is 83.0 Å². The van der Waals surface area contributed by atoms with Crippen LogP contribution < -0.4 is 5.32 Å². The Balaban J connectivity index is 1.27. The molecule has 1 saturated carbocycles. The van der Waals surface area contributed by atoms with Gasteiger partial charge < -0.3 is 24.6 Å². The molecule has 1 N–H and O–H groups in total. The molecule has 0 spiro atoms. The Kier molecular flexibility index (Phi) is 10.7. The molecule has 4 aliphatic rings. The van der Waals surface area contributed by atoms with Crippen LogP contribution in [-0.2, 0) is 28.7 Å². The lowest BCUT2D eigenvalue weighted by molar-refractivity contribution is -0.159. The minimum atomic E-state index is -1.19. The zero-order valence-corrected chi connectivity index (χ0v) is 30.3. The highest BCUT2D eigenvalue weighted by atomic mass is 16.6. The average Bonchev–Trinajstić information content (AvgIpc) is 3.44. The number of amides is 3. The van der Waals surface area contributed by atoms with Crippen molar-refractivity contribution in [2.24, 2.45) is 23.7 Å². The van der Waals surface area contributed by atoms with Crippen molar-refractivity contribution in [2.75, 3.05) is 26.2 Å². The van der Waals surface area contributed by atoms with E-state index >= 15 is 0 Å². The van der Waals surface area contributed by atoms with Gasteiger partial charge in [0.05, 0.1) is 13.0 Å². The number of benzene rings is 2. The van der Waals surface area contributed by atoms with Gasteiger partial charge in [0.25, 0.3) is 5.91 Å². The fourth-order valence-electron chi connectivity index (χ4n) is 8.12. The lowest BCUT2D eigenvalue weighted by Gasteiger charge is -2.32. The van der Waals surface area contributed by atoms with Gasteiger partial charge in [-0.1, -0.05) is 67.5 Å². The van der Waals surface area contributed by atoms with Gasteiger partial charge in [0, 0.05) is 48.9 Å². The summed E-state index contributed by atoms with van der Waals surface area (Å²) in [5.41, 5.74) is 0.740. The van der Waals surface area contributed by atoms with Crippen molar-refractivity contribution < 1.29 is 33.4 Å². The van der Waals surface area contributed by atoms with Gasteiger partial charge in [0.2, 0.25) is 11.8 Å². The van der Waals surface area contributed by atoms with Gasteiger partial charge in [0.1, 0.15) is 17.2 Å². The zero-order chi connectivity index (χ0) is 36.3. The first-order chi connectivity index (χ1) is 24.4. The molecule has 10 heteroatoms. The second-order valence-corrected chi connectivity index (χ2v) is 15.6. The molecule has 0 radical (unpaired) electrons. The lowest BCUT2D eigenvalue weighted by Crippen LogP contribution is -2.56. The Morgan fingerprint density at radius 3 is 2.35 bits per heavy atom. The Bertz CT molecular complexity index is 1650. The molecule has 3 aliphatic heterocycles. The Labute approximate surface area is 300 Å². The van der Waals surface area contributed by atoms with Crippen molar-refractivity contribution in [2.45, 2.75) is 89.8 Å². The predicted molar refractivity (Wildman–Crippen MR) is 192 cm³/mol. The molecule has 3 heterocycles. The molecule has 3 fully saturated rings. The molecule has 6 rings (SSSR count). The number of carbonyl (C=O) groups is 5. The van der Waals surface area contributed by atoms with Crippen molar-refractivity contribution >= 4 is 29.7 Å². The molecule has 0 unspecified atom stereocenters. The van der Waals surface area contributed by atoms with Crippen LogP contribution in [0.2, 0.25) is 0 Å². The third-order valence-electron chi connectivity index (χ3n) is 10.7. The van der Waals surface area contributed by atoms with E-state index in [-0.39, 0.29) is 55.7 Å². The zero-order valence-electron chi connectivity index (χ0n) is 30.3. The van der Waals surface area contributed by atoms with Crippen LogP contribution in [0.3, 0.4) is 0 Å². The summed E-state index contributed by atoms with van der Waals surface area (Å²) in [5.74, 6) is -3.07. The minimum Gasteiger partial charge on any atom is -0.464 e. The topological polar surface area (TPSA) is 122 Å². The standard InChI is InChI=1S/C41H51N3O7/c1-5-50-39(49)41-23-32(41)17-13-8-6-7-10-16-30(22-34(45)51-40(2,3)4)38(48)44-25-31-24-43(26-33(31)35(44)36(46)42-41)37(47)29-20-18-28(19-21-29)27-14-11-9-12-15-27/h9,11-15,17-21,30-33,35H,5-8,10,16,22-26H2,1-4H3,(H,42,46)/b17-13-/t30-,31+,32-,33+,35+,41-/m1/s1. The fraction of sp³-hybridized carbons (Fsp3) is 0.537. The molecule has 2 aromatic carbocycles. The summed E-state index contributed by atoms with van der Waals surface area (Å²) in [6, 6.07) is 16.6. The number of ether oxygens (including phenoxy) is 2. The summed E-state index contributed by atoms with van der Waals surface area (Å²) in [7, 11) is 0. The summed E-state index contributed by atoms with van der Waals surface area (Å²) in [6.45, 7) is 8.28. The highest BCUT2D eigenvalue weighted by molar-refractivity contribution is 5.97. The number of esters is 2. The van der Waals surface area contributed by atoms with E-state index in [1.54, 1.807) is 37.5 Å². The third kappa shape index (κ3) is 8.05. The minimum absolute atomic E-state index is 0.0748. The molecule has 0 aromatic heterocycles. The molecule has 51 heavy (non-hydrogen) atoms. The Morgan fingerprint density at radius 2 is 1.65 bits per heavy atom. The molecule has 2 saturated heterocycles. The van der Waals surface area contributed by atoms with Crippen molar-refractivity contribution in [1.82, 2.24) is 15.1 Å². The van der Waals surface area contributed by atoms with Gasteiger partial charge in [-0.15, -0.1) is 0 Å². The molecule has 3 amide bonds. The van der Waals surface area contributed by atoms with E-state index in [1.807, 2.05) is 60.7 Å². The number of rotatable bonds is 6. The lowest BCUT2D eigenvalue weighted by atomic mass is 9.92. The number of nitrogens with one attached hydrogen (secondary N) is 1. The van der Waals surface area contributed by atoms with Gasteiger partial charge in [-0.3, -0.25) is 19.2 Å². The first-order valence-electron chi connectivity index (χ1n) is 18.5. The number of carbonyl (C=O) groups excluding carboxylic acids is 5. The molecule has 1 aliphatic carbocycles. The highest BCUT2D eigenvalue weighted by Gasteiger charge is 2.63. The third-order valence-corrected chi connectivity index (χ3v) is 10.7. The maximum atomic E-state index is 14.5. The summed E-state index contributed by atoms with van der Waals surface area (Å²) in [4.78, 5) is 72.6. The van der Waals surface area contributed by atoms with Crippen molar-refractivity contribution in [3.05, 3.63) is 72.3 Å². The van der Waals surface area contributed by atoms with Crippen molar-refractivity contribution in [3.8, 4) is 11.1 Å². The molecule has 10 nitrogen and oxygen atoms in total. The first kappa shape index (κ1) is 36.3. The number of allylic oxidation sites excluding steroid dienone is 1. The summed E-state index contributed by atoms with van der Waals surface area (Å²) < 4.78 is 11.1. The maximum absolute atomic E-state index is 14.5. The summed E-state index contributed by atoms with van der Waals surface area (Å²) in [6.07, 6.45) is 8.27. The predicted octanol–water partition coefficient (Wildman–Crippen LogP) is 5.56. The quantitative estimate of drug-likeness (QED) is 0.310. The van der Waals surface area contributed by atoms with E-state index in [9.17, 15) is 24.0 Å². The second-order valence-electron chi connectivity index (χ2n) is 15.6. The van der Waals surface area contributed by atoms with Crippen LogP contribution in [0.15, 0.2) is 66.7 Å². The van der Waals surface area contributed by atoms with Crippen LogP contribution in [0.25, 0.3) is 11.1 Å². The Hall–Kier alpha value is -4.47. The molecule has 0 bridgehead atoms. The molecule has 2 aromatic rings. The second kappa shape index (κ2) is 15.0. The average molecular weight is 698 g/mol. The fourth-order valence-corrected chi connectivity index (χ4v) is 8.12. The largest absolute Gasteiger partial charge is 0.464 e. The van der Waals surface area contributed by atoms with Crippen molar-refractivity contribution in [3.63, 3.8) is 0 Å². The van der Waals surface area contributed by atoms with Crippen LogP contribution in [-0.4, -0.2) is 82.9 Å². The van der Waals surface area contributed by atoms with E-state index < -0.39 is 40.9 Å². The number of likely N-dealkylation sites (tertiary alicyclic amines) is 1. The Morgan fingerprint density at radius 1 is 0.922 bits per heavy atom. The van der Waals surface area contributed by atoms with E-state index in [1.165, 1.54) is 0 Å². The van der Waals surface area contributed by atoms with Crippen LogP contribution in [0.5, 0.6) is 0 Å². The molecular weight excluding hydrogens is 646 g/mol. The highest BCUT2D eigenvalue weighted by Crippen LogP contribution is 2.47. The van der Waals surface area contributed by atoms with Gasteiger partial charge in [-0.05, 0) is 76.6 Å².